The van der Waals surface area contributed by atoms with Gasteiger partial charge in [0, 0.05) is 0 Å². The van der Waals surface area contributed by atoms with Gasteiger partial charge in [-0.2, -0.15) is 0 Å². The number of nitrogens with zero attached hydrogens (tertiary/aromatic N) is 1. The minimum Gasteiger partial charge on any atom is -0.497 e. The van der Waals surface area contributed by atoms with Crippen LogP contribution in [0.3, 0.4) is 0 Å². The first-order chi connectivity index (χ1) is 9.70. The second-order valence-electron chi connectivity index (χ2n) is 5.27. The average Bonchev–Trinajstić information content (AvgIpc) is 2.74. The first kappa shape index (κ1) is 12.9. The molecule has 4 nitrogen and oxygen atoms in total. The molecule has 0 unspecified atom stereocenters. The quantitative estimate of drug-likeness (QED) is 0.625. The SMILES string of the molecule is COc1ccc(CN2C(=O)[C@H]3CC=CC[C@@H]3C2=O)cc1. The Labute approximate surface area is 118 Å². The smallest absolute Gasteiger partial charge is 0.233 e. The Balaban J connectivity index is 1.77. The maximum atomic E-state index is 12.3. The van der Waals surface area contributed by atoms with Crippen LogP contribution in [0, 0.1) is 11.8 Å². The molecule has 0 spiro atoms. The molecule has 1 aliphatic carbocycles. The van der Waals surface area contributed by atoms with Gasteiger partial charge in [-0.15, -0.1) is 0 Å². The zero-order chi connectivity index (χ0) is 14.1. The zero-order valence-electron chi connectivity index (χ0n) is 11.4. The van der Waals surface area contributed by atoms with Crippen LogP contribution in [0.1, 0.15) is 18.4 Å². The van der Waals surface area contributed by atoms with E-state index in [2.05, 4.69) is 0 Å². The highest BCUT2D eigenvalue weighted by Gasteiger charge is 2.46. The van der Waals surface area contributed by atoms with E-state index >= 15 is 0 Å². The highest BCUT2D eigenvalue weighted by molar-refractivity contribution is 6.05. The number of methoxy groups -OCH3 is 1. The maximum absolute atomic E-state index is 12.3. The summed E-state index contributed by atoms with van der Waals surface area (Å²) < 4.78 is 5.10. The molecule has 2 atom stereocenters. The molecule has 0 bridgehead atoms. The van der Waals surface area contributed by atoms with E-state index in [1.165, 1.54) is 4.90 Å². The van der Waals surface area contributed by atoms with Gasteiger partial charge in [0.15, 0.2) is 0 Å². The third-order valence-electron chi connectivity index (χ3n) is 4.10. The first-order valence-corrected chi connectivity index (χ1v) is 6.84. The van der Waals surface area contributed by atoms with E-state index in [4.69, 9.17) is 4.74 Å². The Morgan fingerprint density at radius 1 is 1.05 bits per heavy atom. The van der Waals surface area contributed by atoms with Crippen LogP contribution in [0.5, 0.6) is 5.75 Å². The van der Waals surface area contributed by atoms with Crippen LogP contribution in [-0.4, -0.2) is 23.8 Å². The standard InChI is InChI=1S/C16H17NO3/c1-20-12-8-6-11(7-9-12)10-17-15(18)13-4-2-3-5-14(13)16(17)19/h2-3,6-9,13-14H,4-5,10H2,1H3/t13-,14-/m0/s1. The molecular weight excluding hydrogens is 254 g/mol. The fourth-order valence-corrected chi connectivity index (χ4v) is 2.94. The molecule has 1 saturated heterocycles. The predicted molar refractivity (Wildman–Crippen MR) is 73.9 cm³/mol. The summed E-state index contributed by atoms with van der Waals surface area (Å²) >= 11 is 0. The molecule has 0 N–H and O–H groups in total. The van der Waals surface area contributed by atoms with Gasteiger partial charge >= 0.3 is 0 Å². The monoisotopic (exact) mass is 271 g/mol. The van der Waals surface area contributed by atoms with Crippen molar-refractivity contribution in [3.8, 4) is 5.75 Å². The molecule has 1 fully saturated rings. The lowest BCUT2D eigenvalue weighted by Gasteiger charge is -2.15. The number of likely N-dealkylation sites (tertiary alicyclic amines) is 1. The number of fused-ring (bicyclic) bond motifs is 1. The summed E-state index contributed by atoms with van der Waals surface area (Å²) in [5, 5.41) is 0. The Hall–Kier alpha value is -2.10. The Kier molecular flexibility index (Phi) is 3.30. The van der Waals surface area contributed by atoms with Gasteiger partial charge in [-0.1, -0.05) is 24.3 Å². The molecule has 1 aromatic rings. The number of amides is 2. The maximum Gasteiger partial charge on any atom is 0.233 e. The minimum absolute atomic E-state index is 0.0276. The lowest BCUT2D eigenvalue weighted by molar-refractivity contribution is -0.140. The molecule has 2 aliphatic rings. The summed E-state index contributed by atoms with van der Waals surface area (Å²) in [4.78, 5) is 26.1. The van der Waals surface area contributed by atoms with Crippen LogP contribution in [0.2, 0.25) is 0 Å². The number of hydrogen-bond donors (Lipinski definition) is 0. The number of allylic oxidation sites excluding steroid dienone is 2. The third-order valence-corrected chi connectivity index (χ3v) is 4.10. The van der Waals surface area contributed by atoms with Gasteiger partial charge in [0.25, 0.3) is 0 Å². The molecule has 4 heteroatoms. The summed E-state index contributed by atoms with van der Waals surface area (Å²) in [6.45, 7) is 0.356. The molecule has 3 rings (SSSR count). The Morgan fingerprint density at radius 3 is 2.10 bits per heavy atom. The highest BCUT2D eigenvalue weighted by Crippen LogP contribution is 2.35. The molecule has 104 valence electrons. The van der Waals surface area contributed by atoms with E-state index in [9.17, 15) is 9.59 Å². The normalized spacial score (nSPS) is 24.9. The summed E-state index contributed by atoms with van der Waals surface area (Å²) in [5.41, 5.74) is 0.944. The van der Waals surface area contributed by atoms with Crippen LogP contribution in [-0.2, 0) is 16.1 Å². The van der Waals surface area contributed by atoms with Crippen molar-refractivity contribution in [2.24, 2.45) is 11.8 Å². The van der Waals surface area contributed by atoms with Crippen molar-refractivity contribution in [2.45, 2.75) is 19.4 Å². The Morgan fingerprint density at radius 2 is 1.60 bits per heavy atom. The van der Waals surface area contributed by atoms with Crippen molar-refractivity contribution in [1.29, 1.82) is 0 Å². The van der Waals surface area contributed by atoms with Crippen molar-refractivity contribution >= 4 is 11.8 Å². The number of rotatable bonds is 3. The van der Waals surface area contributed by atoms with Gasteiger partial charge in [-0.25, -0.2) is 0 Å². The van der Waals surface area contributed by atoms with Gasteiger partial charge < -0.3 is 4.74 Å². The number of ether oxygens (including phenoxy) is 1. The number of hydrogen-bond acceptors (Lipinski definition) is 3. The summed E-state index contributed by atoms with van der Waals surface area (Å²) in [5.74, 6) is 0.419. The van der Waals surface area contributed by atoms with Crippen molar-refractivity contribution in [1.82, 2.24) is 4.90 Å². The van der Waals surface area contributed by atoms with E-state index in [-0.39, 0.29) is 23.7 Å². The fraction of sp³-hybridized carbons (Fsp3) is 0.375. The lowest BCUT2D eigenvalue weighted by atomic mass is 9.85. The molecule has 0 saturated carbocycles. The van der Waals surface area contributed by atoms with Gasteiger partial charge in [-0.05, 0) is 30.5 Å². The molecule has 1 aliphatic heterocycles. The van der Waals surface area contributed by atoms with E-state index in [1.54, 1.807) is 7.11 Å². The molecule has 2 amide bonds. The second kappa shape index (κ2) is 5.12. The summed E-state index contributed by atoms with van der Waals surface area (Å²) in [6, 6.07) is 7.46. The second-order valence-corrected chi connectivity index (χ2v) is 5.27. The average molecular weight is 271 g/mol. The molecule has 0 radical (unpaired) electrons. The third kappa shape index (κ3) is 2.11. The van der Waals surface area contributed by atoms with Crippen LogP contribution < -0.4 is 4.74 Å². The largest absolute Gasteiger partial charge is 0.497 e. The van der Waals surface area contributed by atoms with Crippen molar-refractivity contribution < 1.29 is 14.3 Å². The van der Waals surface area contributed by atoms with E-state index < -0.39 is 0 Å². The van der Waals surface area contributed by atoms with Crippen LogP contribution >= 0.6 is 0 Å². The number of carbonyl (C=O) groups is 2. The molecular formula is C16H17NO3. The molecule has 1 heterocycles. The zero-order valence-corrected chi connectivity index (χ0v) is 11.4. The van der Waals surface area contributed by atoms with E-state index in [1.807, 2.05) is 36.4 Å². The van der Waals surface area contributed by atoms with Crippen LogP contribution in [0.4, 0.5) is 0 Å². The van der Waals surface area contributed by atoms with Crippen molar-refractivity contribution in [2.75, 3.05) is 7.11 Å². The highest BCUT2D eigenvalue weighted by atomic mass is 16.5. The molecule has 0 aromatic heterocycles. The summed E-state index contributed by atoms with van der Waals surface area (Å²) in [7, 11) is 1.61. The Bertz CT molecular complexity index is 536. The van der Waals surface area contributed by atoms with Gasteiger partial charge in [0.2, 0.25) is 11.8 Å². The number of carbonyl (C=O) groups excluding carboxylic acids is 2. The van der Waals surface area contributed by atoms with Crippen molar-refractivity contribution in [3.05, 3.63) is 42.0 Å². The van der Waals surface area contributed by atoms with Gasteiger partial charge in [0.05, 0.1) is 25.5 Å². The van der Waals surface area contributed by atoms with Gasteiger partial charge in [0.1, 0.15) is 5.75 Å². The number of benzene rings is 1. The van der Waals surface area contributed by atoms with Crippen molar-refractivity contribution in [3.63, 3.8) is 0 Å². The topological polar surface area (TPSA) is 46.6 Å². The predicted octanol–water partition coefficient (Wildman–Crippen LogP) is 2.15. The fourth-order valence-electron chi connectivity index (χ4n) is 2.94. The van der Waals surface area contributed by atoms with E-state index in [0.29, 0.717) is 19.4 Å². The first-order valence-electron chi connectivity index (χ1n) is 6.84. The van der Waals surface area contributed by atoms with Crippen LogP contribution in [0.25, 0.3) is 0 Å². The minimum atomic E-state index is -0.147. The molecule has 1 aromatic carbocycles. The van der Waals surface area contributed by atoms with E-state index in [0.717, 1.165) is 11.3 Å². The summed E-state index contributed by atoms with van der Waals surface area (Å²) in [6.07, 6.45) is 5.38. The molecule has 20 heavy (non-hydrogen) atoms. The number of imide groups is 1. The lowest BCUT2D eigenvalue weighted by Crippen LogP contribution is -2.30. The van der Waals surface area contributed by atoms with Crippen LogP contribution in [0.15, 0.2) is 36.4 Å². The van der Waals surface area contributed by atoms with Gasteiger partial charge in [-0.3, -0.25) is 14.5 Å².